The van der Waals surface area contributed by atoms with E-state index in [0.717, 1.165) is 0 Å². The highest BCUT2D eigenvalue weighted by molar-refractivity contribution is 7.90. The lowest BCUT2D eigenvalue weighted by Crippen LogP contribution is -2.12. The molecule has 3 nitrogen and oxygen atoms in total. The third-order valence-corrected chi connectivity index (χ3v) is 4.76. The molecule has 0 bridgehead atoms. The monoisotopic (exact) mass is 322 g/mol. The lowest BCUT2D eigenvalue weighted by atomic mass is 10.0. The minimum Gasteiger partial charge on any atom is -0.493 e. The normalized spacial score (nSPS) is 12.9. The third-order valence-electron chi connectivity index (χ3n) is 3.19. The molecule has 2 rings (SSSR count). The van der Waals surface area contributed by atoms with Crippen molar-refractivity contribution >= 4 is 22.5 Å². The lowest BCUT2D eigenvalue weighted by Gasteiger charge is -2.16. The number of sulfone groups is 1. The van der Waals surface area contributed by atoms with Gasteiger partial charge < -0.3 is 4.74 Å². The Kier molecular flexibility index (Phi) is 5.31. The van der Waals surface area contributed by atoms with Crippen molar-refractivity contribution in [1.82, 2.24) is 0 Å². The van der Waals surface area contributed by atoms with Gasteiger partial charge in [0.05, 0.1) is 11.5 Å². The van der Waals surface area contributed by atoms with Gasteiger partial charge in [-0.1, -0.05) is 30.3 Å². The summed E-state index contributed by atoms with van der Waals surface area (Å²) in [5, 5.41) is 0. The van der Waals surface area contributed by atoms with Crippen LogP contribution in [0.15, 0.2) is 59.5 Å². The molecule has 1 unspecified atom stereocenters. The zero-order chi connectivity index (χ0) is 15.3. The molecule has 0 heterocycles. The van der Waals surface area contributed by atoms with Crippen LogP contribution in [0.1, 0.15) is 11.5 Å². The number of thiol groups is 1. The van der Waals surface area contributed by atoms with Gasteiger partial charge in [-0.25, -0.2) is 8.42 Å². The molecule has 0 aliphatic heterocycles. The molecule has 0 aliphatic carbocycles. The van der Waals surface area contributed by atoms with Crippen LogP contribution in [0, 0.1) is 0 Å². The largest absolute Gasteiger partial charge is 0.493 e. The molecule has 2 aromatic carbocycles. The van der Waals surface area contributed by atoms with E-state index < -0.39 is 9.84 Å². The van der Waals surface area contributed by atoms with Gasteiger partial charge in [-0.05, 0) is 29.8 Å². The van der Waals surface area contributed by atoms with Crippen LogP contribution >= 0.6 is 12.6 Å². The molecule has 5 heteroatoms. The average molecular weight is 322 g/mol. The van der Waals surface area contributed by atoms with Crippen LogP contribution in [0.4, 0.5) is 0 Å². The summed E-state index contributed by atoms with van der Waals surface area (Å²) >= 11 is 4.37. The predicted molar refractivity (Wildman–Crippen MR) is 88.1 cm³/mol. The fourth-order valence-electron chi connectivity index (χ4n) is 1.96. The third kappa shape index (κ3) is 4.51. The Bertz CT molecular complexity index is 664. The first-order valence-corrected chi connectivity index (χ1v) is 9.12. The first-order valence-electron chi connectivity index (χ1n) is 6.59. The Morgan fingerprint density at radius 3 is 2.19 bits per heavy atom. The number of benzene rings is 2. The molecular formula is C16H18O3S2. The summed E-state index contributed by atoms with van der Waals surface area (Å²) in [5.41, 5.74) is 1.18. The summed E-state index contributed by atoms with van der Waals surface area (Å²) in [5.74, 6) is 1.54. The van der Waals surface area contributed by atoms with Crippen LogP contribution in [0.2, 0.25) is 0 Å². The van der Waals surface area contributed by atoms with Gasteiger partial charge in [-0.2, -0.15) is 12.6 Å². The zero-order valence-corrected chi connectivity index (χ0v) is 13.5. The summed E-state index contributed by atoms with van der Waals surface area (Å²) in [4.78, 5) is 0.295. The van der Waals surface area contributed by atoms with Gasteiger partial charge in [0.25, 0.3) is 0 Å². The van der Waals surface area contributed by atoms with Crippen LogP contribution in [0.25, 0.3) is 0 Å². The van der Waals surface area contributed by atoms with Gasteiger partial charge in [-0.3, -0.25) is 0 Å². The van der Waals surface area contributed by atoms with Gasteiger partial charge in [0.2, 0.25) is 0 Å². The van der Waals surface area contributed by atoms with Gasteiger partial charge >= 0.3 is 0 Å². The quantitative estimate of drug-likeness (QED) is 0.831. The van der Waals surface area contributed by atoms with Crippen LogP contribution in [0.3, 0.4) is 0 Å². The van der Waals surface area contributed by atoms with E-state index in [4.69, 9.17) is 4.74 Å². The minimum atomic E-state index is -3.17. The maximum absolute atomic E-state index is 11.4. The van der Waals surface area contributed by atoms with Crippen molar-refractivity contribution in [3.63, 3.8) is 0 Å². The topological polar surface area (TPSA) is 43.4 Å². The predicted octanol–water partition coefficient (Wildman–Crippen LogP) is 3.18. The summed E-state index contributed by atoms with van der Waals surface area (Å²) in [6, 6.07) is 16.5. The van der Waals surface area contributed by atoms with Crippen LogP contribution in [-0.2, 0) is 9.84 Å². The number of hydrogen-bond donors (Lipinski definition) is 1. The molecule has 0 spiro atoms. The fourth-order valence-corrected chi connectivity index (χ4v) is 2.91. The summed E-state index contributed by atoms with van der Waals surface area (Å²) in [7, 11) is -3.17. The van der Waals surface area contributed by atoms with Crippen LogP contribution in [-0.4, -0.2) is 27.0 Å². The van der Waals surface area contributed by atoms with E-state index in [1.54, 1.807) is 24.3 Å². The molecule has 0 radical (unpaired) electrons. The fraction of sp³-hybridized carbons (Fsp3) is 0.250. The molecule has 112 valence electrons. The maximum Gasteiger partial charge on any atom is 0.175 e. The van der Waals surface area contributed by atoms with Crippen LogP contribution < -0.4 is 4.74 Å². The summed E-state index contributed by atoms with van der Waals surface area (Å²) < 4.78 is 28.5. The van der Waals surface area contributed by atoms with E-state index in [0.29, 0.717) is 23.0 Å². The van der Waals surface area contributed by atoms with E-state index in [9.17, 15) is 8.42 Å². The van der Waals surface area contributed by atoms with E-state index in [1.165, 1.54) is 11.8 Å². The van der Waals surface area contributed by atoms with E-state index in [1.807, 2.05) is 18.2 Å². The molecule has 21 heavy (non-hydrogen) atoms. The first-order chi connectivity index (χ1) is 10.0. The Hall–Kier alpha value is -1.46. The Morgan fingerprint density at radius 1 is 1.05 bits per heavy atom. The molecule has 0 N–H and O–H groups in total. The SMILES string of the molecule is CS(=O)(=O)c1ccc(OCC(CS)c2ccccc2)cc1. The van der Waals surface area contributed by atoms with Gasteiger partial charge in [0.15, 0.2) is 9.84 Å². The highest BCUT2D eigenvalue weighted by Gasteiger charge is 2.11. The Balaban J connectivity index is 2.02. The summed E-state index contributed by atoms with van der Waals surface area (Å²) in [6.07, 6.45) is 1.19. The van der Waals surface area contributed by atoms with Gasteiger partial charge in [-0.15, -0.1) is 0 Å². The van der Waals surface area contributed by atoms with Crippen molar-refractivity contribution < 1.29 is 13.2 Å². The van der Waals surface area contributed by atoms with E-state index >= 15 is 0 Å². The molecule has 0 saturated carbocycles. The maximum atomic E-state index is 11.4. The van der Waals surface area contributed by atoms with Crippen molar-refractivity contribution in [1.29, 1.82) is 0 Å². The smallest absolute Gasteiger partial charge is 0.175 e. The molecular weight excluding hydrogens is 304 g/mol. The molecule has 0 aliphatic rings. The van der Waals surface area contributed by atoms with Gasteiger partial charge in [0, 0.05) is 17.9 Å². The minimum absolute atomic E-state index is 0.198. The first kappa shape index (κ1) is 15.9. The molecule has 0 saturated heterocycles. The number of rotatable bonds is 6. The molecule has 0 amide bonds. The van der Waals surface area contributed by atoms with E-state index in [2.05, 4.69) is 24.8 Å². The van der Waals surface area contributed by atoms with Crippen molar-refractivity contribution in [2.45, 2.75) is 10.8 Å². The lowest BCUT2D eigenvalue weighted by molar-refractivity contribution is 0.297. The Labute approximate surface area is 131 Å². The van der Waals surface area contributed by atoms with Crippen molar-refractivity contribution in [2.24, 2.45) is 0 Å². The summed E-state index contributed by atoms with van der Waals surface area (Å²) in [6.45, 7) is 0.506. The number of hydrogen-bond acceptors (Lipinski definition) is 4. The van der Waals surface area contributed by atoms with Crippen molar-refractivity contribution in [3.05, 3.63) is 60.2 Å². The zero-order valence-electron chi connectivity index (χ0n) is 11.8. The number of ether oxygens (including phenoxy) is 1. The standard InChI is InChI=1S/C16H18O3S2/c1-21(17,18)16-9-7-15(8-10-16)19-11-14(12-20)13-5-3-2-4-6-13/h2-10,14,20H,11-12H2,1H3. The molecule has 0 aromatic heterocycles. The molecule has 2 aromatic rings. The molecule has 1 atom stereocenters. The Morgan fingerprint density at radius 2 is 1.67 bits per heavy atom. The molecule has 0 fully saturated rings. The van der Waals surface area contributed by atoms with E-state index in [-0.39, 0.29) is 5.92 Å². The highest BCUT2D eigenvalue weighted by Crippen LogP contribution is 2.21. The second-order valence-corrected chi connectivity index (χ2v) is 7.23. The second-order valence-electron chi connectivity index (χ2n) is 4.84. The van der Waals surface area contributed by atoms with Crippen LogP contribution in [0.5, 0.6) is 5.75 Å². The van der Waals surface area contributed by atoms with Gasteiger partial charge in [0.1, 0.15) is 5.75 Å². The highest BCUT2D eigenvalue weighted by atomic mass is 32.2. The van der Waals surface area contributed by atoms with Crippen molar-refractivity contribution in [2.75, 3.05) is 18.6 Å². The second kappa shape index (κ2) is 7.00. The van der Waals surface area contributed by atoms with Crippen molar-refractivity contribution in [3.8, 4) is 5.75 Å². The average Bonchev–Trinajstić information content (AvgIpc) is 2.48.